The van der Waals surface area contributed by atoms with Crippen molar-refractivity contribution >= 4 is 11.9 Å². The molecule has 1 N–H and O–H groups in total. The van der Waals surface area contributed by atoms with Gasteiger partial charge in [0.15, 0.2) is 5.82 Å². The molecule has 0 bridgehead atoms. The number of hydrogen-bond donors (Lipinski definition) is 1. The molecule has 2 aliphatic heterocycles. The molecule has 4 heterocycles. The predicted octanol–water partition coefficient (Wildman–Crippen LogP) is 2.39. The molecule has 33 heavy (non-hydrogen) atoms. The summed E-state index contributed by atoms with van der Waals surface area (Å²) >= 11 is 0. The molecule has 2 atom stereocenters. The fraction of sp³-hybridized carbons (Fsp3) is 0.375. The van der Waals surface area contributed by atoms with E-state index in [1.807, 2.05) is 12.3 Å². The van der Waals surface area contributed by atoms with Gasteiger partial charge in [0.2, 0.25) is 5.89 Å². The monoisotopic (exact) mass is 447 g/mol. The van der Waals surface area contributed by atoms with Crippen molar-refractivity contribution in [3.05, 3.63) is 77.2 Å². The lowest BCUT2D eigenvalue weighted by Crippen LogP contribution is -2.51. The van der Waals surface area contributed by atoms with Crippen molar-refractivity contribution in [2.45, 2.75) is 25.3 Å². The predicted molar refractivity (Wildman–Crippen MR) is 118 cm³/mol. The van der Waals surface area contributed by atoms with E-state index in [9.17, 15) is 14.7 Å². The van der Waals surface area contributed by atoms with Crippen molar-refractivity contribution in [1.82, 2.24) is 24.9 Å². The third-order valence-electron chi connectivity index (χ3n) is 6.72. The fourth-order valence-corrected chi connectivity index (χ4v) is 5.15. The summed E-state index contributed by atoms with van der Waals surface area (Å²) in [6, 6.07) is 10.2. The van der Waals surface area contributed by atoms with Gasteiger partial charge in [-0.15, -0.1) is 0 Å². The van der Waals surface area contributed by atoms with Gasteiger partial charge in [-0.3, -0.25) is 14.7 Å². The summed E-state index contributed by atoms with van der Waals surface area (Å²) < 4.78 is 5.68. The zero-order valence-electron chi connectivity index (χ0n) is 18.3. The number of carboxylic acids is 1. The van der Waals surface area contributed by atoms with Crippen LogP contribution in [0, 0.1) is 12.8 Å². The van der Waals surface area contributed by atoms with Crippen molar-refractivity contribution in [2.24, 2.45) is 5.92 Å². The number of carboxylic acid groups (broad SMARTS) is 1. The summed E-state index contributed by atoms with van der Waals surface area (Å²) in [5.74, 6) is 0.0801. The number of aromatic nitrogens is 3. The molecule has 9 heteroatoms. The second-order valence-electron chi connectivity index (χ2n) is 8.93. The van der Waals surface area contributed by atoms with Crippen LogP contribution in [0.2, 0.25) is 0 Å². The number of hydrogen-bond acceptors (Lipinski definition) is 7. The highest BCUT2D eigenvalue weighted by atomic mass is 16.5. The molecule has 170 valence electrons. The Morgan fingerprint density at radius 2 is 2.06 bits per heavy atom. The van der Waals surface area contributed by atoms with E-state index in [1.54, 1.807) is 30.2 Å². The van der Waals surface area contributed by atoms with E-state index >= 15 is 0 Å². The minimum Gasteiger partial charge on any atom is -0.478 e. The van der Waals surface area contributed by atoms with Gasteiger partial charge in [-0.1, -0.05) is 17.3 Å². The second-order valence-corrected chi connectivity index (χ2v) is 8.93. The molecule has 0 saturated carbocycles. The Morgan fingerprint density at radius 3 is 2.79 bits per heavy atom. The third kappa shape index (κ3) is 4.00. The Balaban J connectivity index is 1.43. The molecule has 0 radical (unpaired) electrons. The molecule has 1 amide bonds. The highest BCUT2D eigenvalue weighted by Gasteiger charge is 2.55. The number of carbonyl (C=O) groups is 2. The minimum atomic E-state index is -1.05. The van der Waals surface area contributed by atoms with Gasteiger partial charge in [-0.2, -0.15) is 4.98 Å². The number of aryl methyl sites for hydroxylation is 1. The smallest absolute Gasteiger partial charge is 0.335 e. The van der Waals surface area contributed by atoms with Gasteiger partial charge < -0.3 is 14.5 Å². The number of benzene rings is 1. The van der Waals surface area contributed by atoms with Crippen LogP contribution in [-0.4, -0.2) is 68.1 Å². The van der Waals surface area contributed by atoms with E-state index < -0.39 is 11.4 Å². The summed E-state index contributed by atoms with van der Waals surface area (Å²) in [6.07, 6.45) is 4.52. The highest BCUT2D eigenvalue weighted by Crippen LogP contribution is 2.44. The Kier molecular flexibility index (Phi) is 5.41. The summed E-state index contributed by atoms with van der Waals surface area (Å²) in [7, 11) is 0. The number of fused-ring (bicyclic) bond motifs is 1. The first-order valence-corrected chi connectivity index (χ1v) is 11.0. The molecule has 2 aliphatic rings. The fourth-order valence-electron chi connectivity index (χ4n) is 5.15. The first-order chi connectivity index (χ1) is 15.9. The average molecular weight is 447 g/mol. The quantitative estimate of drug-likeness (QED) is 0.634. The van der Waals surface area contributed by atoms with Crippen molar-refractivity contribution in [2.75, 3.05) is 26.2 Å². The largest absolute Gasteiger partial charge is 0.478 e. The molecular weight excluding hydrogens is 422 g/mol. The van der Waals surface area contributed by atoms with Crippen molar-refractivity contribution in [3.8, 4) is 0 Å². The number of nitrogens with zero attached hydrogens (tertiary/aromatic N) is 5. The number of piperidine rings is 1. The van der Waals surface area contributed by atoms with E-state index in [-0.39, 0.29) is 17.4 Å². The topological polar surface area (TPSA) is 113 Å². The van der Waals surface area contributed by atoms with E-state index in [0.29, 0.717) is 36.9 Å². The maximum atomic E-state index is 13.4. The zero-order chi connectivity index (χ0) is 23.0. The molecular formula is C24H25N5O4. The first-order valence-electron chi connectivity index (χ1n) is 11.0. The van der Waals surface area contributed by atoms with Crippen molar-refractivity contribution < 1.29 is 19.2 Å². The zero-order valence-corrected chi connectivity index (χ0v) is 18.3. The van der Waals surface area contributed by atoms with E-state index in [2.05, 4.69) is 26.1 Å². The van der Waals surface area contributed by atoms with E-state index in [1.165, 1.54) is 12.1 Å². The van der Waals surface area contributed by atoms with Gasteiger partial charge in [0.05, 0.1) is 11.0 Å². The van der Waals surface area contributed by atoms with Crippen LogP contribution in [0.25, 0.3) is 0 Å². The van der Waals surface area contributed by atoms with Gasteiger partial charge in [0.1, 0.15) is 0 Å². The van der Waals surface area contributed by atoms with Crippen LogP contribution in [0.15, 0.2) is 53.3 Å². The lowest BCUT2D eigenvalue weighted by atomic mass is 9.73. The Morgan fingerprint density at radius 1 is 1.21 bits per heavy atom. The summed E-state index contributed by atoms with van der Waals surface area (Å²) in [5.41, 5.74) is 1.13. The van der Waals surface area contributed by atoms with Crippen molar-refractivity contribution in [3.63, 3.8) is 0 Å². The molecule has 1 aromatic carbocycles. The van der Waals surface area contributed by atoms with E-state index in [0.717, 1.165) is 25.1 Å². The SMILES string of the molecule is Cc1noc([C@]23CN(Cc4cccnc4)CC[C@H]2CN(C(=O)c2cccc(C(=O)O)c2)C3)n1. The van der Waals surface area contributed by atoms with Gasteiger partial charge >= 0.3 is 5.97 Å². The van der Waals surface area contributed by atoms with Crippen molar-refractivity contribution in [1.29, 1.82) is 0 Å². The first kappa shape index (κ1) is 21.3. The third-order valence-corrected chi connectivity index (χ3v) is 6.72. The Bertz CT molecular complexity index is 1180. The summed E-state index contributed by atoms with van der Waals surface area (Å²) in [4.78, 5) is 37.7. The van der Waals surface area contributed by atoms with Crippen LogP contribution in [0.5, 0.6) is 0 Å². The van der Waals surface area contributed by atoms with Crippen LogP contribution in [0.1, 0.15) is 44.4 Å². The lowest BCUT2D eigenvalue weighted by molar-refractivity contribution is 0.0697. The number of pyridine rings is 1. The summed E-state index contributed by atoms with van der Waals surface area (Å²) in [5, 5.41) is 13.3. The number of carbonyl (C=O) groups excluding carboxylic acids is 1. The summed E-state index contributed by atoms with van der Waals surface area (Å²) in [6.45, 7) is 5.14. The van der Waals surface area contributed by atoms with Crippen LogP contribution < -0.4 is 0 Å². The minimum absolute atomic E-state index is 0.0994. The Labute approximate surface area is 191 Å². The van der Waals surface area contributed by atoms with E-state index in [4.69, 9.17) is 4.52 Å². The second kappa shape index (κ2) is 8.40. The van der Waals surface area contributed by atoms with Crippen LogP contribution >= 0.6 is 0 Å². The maximum absolute atomic E-state index is 13.4. The molecule has 5 rings (SSSR count). The molecule has 9 nitrogen and oxygen atoms in total. The van der Waals surface area contributed by atoms with Crippen LogP contribution in [0.4, 0.5) is 0 Å². The number of amides is 1. The molecule has 0 aliphatic carbocycles. The lowest BCUT2D eigenvalue weighted by Gasteiger charge is -2.41. The van der Waals surface area contributed by atoms with Gasteiger partial charge in [0.25, 0.3) is 5.91 Å². The molecule has 3 aromatic rings. The normalized spacial score (nSPS) is 22.8. The van der Waals surface area contributed by atoms with Gasteiger partial charge in [-0.25, -0.2) is 4.79 Å². The maximum Gasteiger partial charge on any atom is 0.335 e. The number of likely N-dealkylation sites (tertiary alicyclic amines) is 2. The number of rotatable bonds is 5. The molecule has 0 unspecified atom stereocenters. The Hall–Kier alpha value is -3.59. The van der Waals surface area contributed by atoms with Crippen LogP contribution in [0.3, 0.4) is 0 Å². The average Bonchev–Trinajstić information content (AvgIpc) is 3.43. The van der Waals surface area contributed by atoms with Gasteiger partial charge in [0, 0.05) is 44.1 Å². The molecule has 2 aromatic heterocycles. The van der Waals surface area contributed by atoms with Gasteiger partial charge in [-0.05, 0) is 55.6 Å². The standard InChI is InChI=1S/C24H25N5O4/c1-16-26-23(33-27-16)24-14-28(12-17-4-3-8-25-11-17)9-7-20(24)13-29(15-24)21(30)18-5-2-6-19(10-18)22(31)32/h2-6,8,10-11,20H,7,9,12-15H2,1H3,(H,31,32)/t20-,24-/m0/s1. The van der Waals surface area contributed by atoms with Crippen LogP contribution in [-0.2, 0) is 12.0 Å². The molecule has 0 spiro atoms. The highest BCUT2D eigenvalue weighted by molar-refractivity contribution is 5.97. The molecule has 2 saturated heterocycles. The molecule has 2 fully saturated rings. The number of aromatic carboxylic acids is 1.